The van der Waals surface area contributed by atoms with Crippen molar-refractivity contribution in [2.45, 2.75) is 6.54 Å². The molecule has 0 spiro atoms. The van der Waals surface area contributed by atoms with Crippen LogP contribution in [-0.2, 0) is 11.3 Å². The second-order valence-corrected chi connectivity index (χ2v) is 7.21. The molecule has 0 aliphatic rings. The summed E-state index contributed by atoms with van der Waals surface area (Å²) in [5.74, 6) is 0.467. The van der Waals surface area contributed by atoms with Crippen molar-refractivity contribution in [3.63, 3.8) is 0 Å². The Morgan fingerprint density at radius 3 is 2.48 bits per heavy atom. The van der Waals surface area contributed by atoms with Crippen LogP contribution in [0.15, 0.2) is 65.1 Å². The largest absolute Gasteiger partial charge is 0.495 e. The van der Waals surface area contributed by atoms with E-state index in [1.54, 1.807) is 13.2 Å². The molecule has 0 saturated carbocycles. The number of aromatic nitrogens is 1. The molecule has 0 aliphatic heterocycles. The van der Waals surface area contributed by atoms with E-state index in [4.69, 9.17) is 9.47 Å². The molecule has 3 aromatic carbocycles. The van der Waals surface area contributed by atoms with Crippen LogP contribution >= 0.6 is 15.9 Å². The van der Waals surface area contributed by atoms with Gasteiger partial charge in [0, 0.05) is 27.3 Å². The zero-order valence-electron chi connectivity index (χ0n) is 15.0. The first-order valence-corrected chi connectivity index (χ1v) is 9.33. The summed E-state index contributed by atoms with van der Waals surface area (Å²) in [7, 11) is 3.07. The van der Waals surface area contributed by atoms with Gasteiger partial charge in [-0.25, -0.2) is 4.79 Å². The smallest absolute Gasteiger partial charge is 0.337 e. The molecule has 4 nitrogen and oxygen atoms in total. The van der Waals surface area contributed by atoms with Crippen LogP contribution in [0.25, 0.3) is 21.8 Å². The zero-order valence-corrected chi connectivity index (χ0v) is 16.6. The number of para-hydroxylation sites is 1. The summed E-state index contributed by atoms with van der Waals surface area (Å²) < 4.78 is 13.8. The van der Waals surface area contributed by atoms with Crippen LogP contribution in [0.1, 0.15) is 15.9 Å². The summed E-state index contributed by atoms with van der Waals surface area (Å²) >= 11 is 3.48. The van der Waals surface area contributed by atoms with Crippen molar-refractivity contribution in [1.82, 2.24) is 4.57 Å². The maximum absolute atomic E-state index is 12.0. The van der Waals surface area contributed by atoms with Gasteiger partial charge in [0.25, 0.3) is 0 Å². The number of nitrogens with zero attached hydrogens (tertiary/aromatic N) is 1. The average molecular weight is 424 g/mol. The third-order valence-electron chi connectivity index (χ3n) is 4.74. The highest BCUT2D eigenvalue weighted by atomic mass is 79.9. The number of carbonyl (C=O) groups is 1. The number of fused-ring (bicyclic) bond motifs is 3. The molecular weight excluding hydrogens is 406 g/mol. The van der Waals surface area contributed by atoms with Crippen LogP contribution in [0.2, 0.25) is 0 Å². The molecule has 1 heterocycles. The van der Waals surface area contributed by atoms with E-state index >= 15 is 0 Å². The number of rotatable bonds is 4. The van der Waals surface area contributed by atoms with Gasteiger partial charge in [-0.05, 0) is 42.0 Å². The second kappa shape index (κ2) is 7.08. The lowest BCUT2D eigenvalue weighted by molar-refractivity contribution is 0.0601. The Morgan fingerprint density at radius 1 is 1.00 bits per heavy atom. The van der Waals surface area contributed by atoms with Crippen molar-refractivity contribution < 1.29 is 14.3 Å². The molecule has 0 amide bonds. The van der Waals surface area contributed by atoms with Crippen LogP contribution in [0, 0.1) is 0 Å². The number of esters is 1. The molecule has 0 radical (unpaired) electrons. The highest BCUT2D eigenvalue weighted by Gasteiger charge is 2.17. The number of halogens is 1. The molecule has 0 bridgehead atoms. The van der Waals surface area contributed by atoms with Gasteiger partial charge < -0.3 is 14.0 Å². The van der Waals surface area contributed by atoms with E-state index in [1.807, 2.05) is 36.4 Å². The van der Waals surface area contributed by atoms with Gasteiger partial charge in [0.2, 0.25) is 0 Å². The Hall–Kier alpha value is -2.79. The normalized spacial score (nSPS) is 11.1. The Bertz CT molecular complexity index is 1150. The Morgan fingerprint density at radius 2 is 1.78 bits per heavy atom. The summed E-state index contributed by atoms with van der Waals surface area (Å²) in [6, 6.07) is 19.9. The number of carbonyl (C=O) groups excluding carboxylic acids is 1. The number of methoxy groups -OCH3 is 2. The van der Waals surface area contributed by atoms with Gasteiger partial charge in [-0.1, -0.05) is 40.2 Å². The molecule has 0 unspecified atom stereocenters. The van der Waals surface area contributed by atoms with Gasteiger partial charge in [0.1, 0.15) is 5.75 Å². The molecule has 136 valence electrons. The van der Waals surface area contributed by atoms with Crippen LogP contribution in [0.5, 0.6) is 5.75 Å². The summed E-state index contributed by atoms with van der Waals surface area (Å²) in [5, 5.41) is 2.05. The first-order chi connectivity index (χ1) is 13.1. The van der Waals surface area contributed by atoms with E-state index < -0.39 is 0 Å². The lowest BCUT2D eigenvalue weighted by atomic mass is 10.1. The minimum absolute atomic E-state index is 0.339. The van der Waals surface area contributed by atoms with Crippen molar-refractivity contribution in [2.24, 2.45) is 0 Å². The molecule has 0 N–H and O–H groups in total. The zero-order chi connectivity index (χ0) is 19.0. The fraction of sp³-hybridized carbons (Fsp3) is 0.136. The second-order valence-electron chi connectivity index (χ2n) is 6.29. The van der Waals surface area contributed by atoms with E-state index in [0.29, 0.717) is 12.1 Å². The van der Waals surface area contributed by atoms with E-state index in [0.717, 1.165) is 32.0 Å². The van der Waals surface area contributed by atoms with Crippen LogP contribution in [0.3, 0.4) is 0 Å². The number of ether oxygens (including phenoxy) is 2. The maximum atomic E-state index is 12.0. The molecule has 5 heteroatoms. The van der Waals surface area contributed by atoms with Crippen molar-refractivity contribution in [1.29, 1.82) is 0 Å². The van der Waals surface area contributed by atoms with E-state index in [2.05, 4.69) is 38.7 Å². The van der Waals surface area contributed by atoms with Crippen molar-refractivity contribution in [3.05, 3.63) is 76.3 Å². The third-order valence-corrected chi connectivity index (χ3v) is 5.27. The quantitative estimate of drug-likeness (QED) is 0.412. The Balaban J connectivity index is 1.99. The molecule has 1 aromatic heterocycles. The molecular formula is C22H18BrNO3. The highest BCUT2D eigenvalue weighted by Crippen LogP contribution is 2.36. The van der Waals surface area contributed by atoms with Crippen molar-refractivity contribution >= 4 is 43.7 Å². The van der Waals surface area contributed by atoms with Crippen LogP contribution in [-0.4, -0.2) is 24.8 Å². The molecule has 0 aliphatic carbocycles. The number of hydrogen-bond donors (Lipinski definition) is 0. The maximum Gasteiger partial charge on any atom is 0.337 e. The number of benzene rings is 3. The van der Waals surface area contributed by atoms with Gasteiger partial charge in [-0.2, -0.15) is 0 Å². The fourth-order valence-corrected chi connectivity index (χ4v) is 3.74. The molecule has 0 fully saturated rings. The summed E-state index contributed by atoms with van der Waals surface area (Å²) in [6.45, 7) is 0.700. The topological polar surface area (TPSA) is 40.5 Å². The predicted molar refractivity (Wildman–Crippen MR) is 111 cm³/mol. The molecule has 4 rings (SSSR count). The summed E-state index contributed by atoms with van der Waals surface area (Å²) in [6.07, 6.45) is 0. The van der Waals surface area contributed by atoms with E-state index in [1.165, 1.54) is 12.7 Å². The van der Waals surface area contributed by atoms with E-state index in [-0.39, 0.29) is 5.97 Å². The van der Waals surface area contributed by atoms with Gasteiger partial charge in [0.15, 0.2) is 0 Å². The highest BCUT2D eigenvalue weighted by molar-refractivity contribution is 9.10. The lowest BCUT2D eigenvalue weighted by Crippen LogP contribution is -2.02. The predicted octanol–water partition coefficient (Wildman–Crippen LogP) is 5.40. The van der Waals surface area contributed by atoms with Crippen LogP contribution in [0.4, 0.5) is 0 Å². The molecule has 0 saturated heterocycles. The molecule has 4 aromatic rings. The first kappa shape index (κ1) is 17.6. The molecule has 27 heavy (non-hydrogen) atoms. The molecule has 0 atom stereocenters. The van der Waals surface area contributed by atoms with Gasteiger partial charge in [-0.3, -0.25) is 0 Å². The monoisotopic (exact) mass is 423 g/mol. The Labute approximate surface area is 165 Å². The van der Waals surface area contributed by atoms with Gasteiger partial charge in [-0.15, -0.1) is 0 Å². The minimum atomic E-state index is -0.339. The summed E-state index contributed by atoms with van der Waals surface area (Å²) in [5.41, 5.74) is 3.78. The van der Waals surface area contributed by atoms with Gasteiger partial charge >= 0.3 is 5.97 Å². The average Bonchev–Trinajstić information content (AvgIpc) is 3.02. The summed E-state index contributed by atoms with van der Waals surface area (Å²) in [4.78, 5) is 12.0. The van der Waals surface area contributed by atoms with Crippen molar-refractivity contribution in [3.8, 4) is 5.75 Å². The van der Waals surface area contributed by atoms with E-state index in [9.17, 15) is 4.79 Å². The standard InChI is InChI=1S/C22H18BrNO3/c1-26-20-5-3-4-17-18-12-15(22(25)27-2)8-11-19(18)24(21(17)20)13-14-6-9-16(23)10-7-14/h3-12H,13H2,1-2H3. The third kappa shape index (κ3) is 3.08. The number of hydrogen-bond acceptors (Lipinski definition) is 3. The fourth-order valence-electron chi connectivity index (χ4n) is 3.47. The lowest BCUT2D eigenvalue weighted by Gasteiger charge is -2.11. The minimum Gasteiger partial charge on any atom is -0.495 e. The first-order valence-electron chi connectivity index (χ1n) is 8.54. The van der Waals surface area contributed by atoms with Crippen LogP contribution < -0.4 is 4.74 Å². The van der Waals surface area contributed by atoms with Gasteiger partial charge in [0.05, 0.1) is 25.3 Å². The Kier molecular flexibility index (Phi) is 4.62. The SMILES string of the molecule is COC(=O)c1ccc2c(c1)c1cccc(OC)c1n2Cc1ccc(Br)cc1. The van der Waals surface area contributed by atoms with Crippen molar-refractivity contribution in [2.75, 3.05) is 14.2 Å².